The summed E-state index contributed by atoms with van der Waals surface area (Å²) in [6.07, 6.45) is 6.26. The summed E-state index contributed by atoms with van der Waals surface area (Å²) in [6.45, 7) is 5.18. The lowest BCUT2D eigenvalue weighted by Crippen LogP contribution is -2.41. The fourth-order valence-electron chi connectivity index (χ4n) is 3.45. The van der Waals surface area contributed by atoms with Gasteiger partial charge >= 0.3 is 0 Å². The maximum atomic E-state index is 12.6. The predicted octanol–water partition coefficient (Wildman–Crippen LogP) is 2.02. The molecule has 22 heavy (non-hydrogen) atoms. The molecule has 120 valence electrons. The van der Waals surface area contributed by atoms with Gasteiger partial charge in [-0.15, -0.1) is 0 Å². The summed E-state index contributed by atoms with van der Waals surface area (Å²) in [4.78, 5) is 25.4. The number of fused-ring (bicyclic) bond motifs is 1. The van der Waals surface area contributed by atoms with Gasteiger partial charge in [-0.3, -0.25) is 4.79 Å². The van der Waals surface area contributed by atoms with Gasteiger partial charge in [0.05, 0.1) is 18.7 Å². The Kier molecular flexibility index (Phi) is 4.18. The molecule has 0 bridgehead atoms. The summed E-state index contributed by atoms with van der Waals surface area (Å²) in [5, 5.41) is 3.39. The van der Waals surface area contributed by atoms with Crippen LogP contribution in [0.1, 0.15) is 45.1 Å². The van der Waals surface area contributed by atoms with Crippen LogP contribution in [0.5, 0.6) is 0 Å². The predicted molar refractivity (Wildman–Crippen MR) is 86.9 cm³/mol. The lowest BCUT2D eigenvalue weighted by molar-refractivity contribution is -0.132. The van der Waals surface area contributed by atoms with Crippen LogP contribution in [0.3, 0.4) is 0 Å². The maximum absolute atomic E-state index is 12.6. The molecule has 0 saturated heterocycles. The molecule has 0 radical (unpaired) electrons. The highest BCUT2D eigenvalue weighted by Crippen LogP contribution is 2.32. The minimum Gasteiger partial charge on any atom is -0.367 e. The Bertz CT molecular complexity index is 553. The van der Waals surface area contributed by atoms with Gasteiger partial charge in [0.15, 0.2) is 0 Å². The average Bonchev–Trinajstić information content (AvgIpc) is 2.94. The third-order valence-corrected chi connectivity index (χ3v) is 4.50. The highest BCUT2D eigenvalue weighted by Gasteiger charge is 2.32. The quantitative estimate of drug-likeness (QED) is 0.925. The number of hydrogen-bond donors (Lipinski definition) is 1. The first-order valence-corrected chi connectivity index (χ1v) is 8.17. The van der Waals surface area contributed by atoms with Crippen molar-refractivity contribution >= 4 is 17.5 Å². The van der Waals surface area contributed by atoms with Gasteiger partial charge in [0.1, 0.15) is 18.0 Å². The molecule has 6 heteroatoms. The molecule has 1 aromatic heterocycles. The highest BCUT2D eigenvalue weighted by atomic mass is 16.2. The van der Waals surface area contributed by atoms with Gasteiger partial charge in [-0.05, 0) is 26.7 Å². The number of aromatic nitrogens is 2. The Balaban J connectivity index is 1.97. The van der Waals surface area contributed by atoms with Crippen LogP contribution in [0, 0.1) is 0 Å². The van der Waals surface area contributed by atoms with E-state index in [0.717, 1.165) is 30.0 Å². The normalized spacial score (nSPS) is 19.5. The number of nitrogens with one attached hydrogen (secondary N) is 1. The Morgan fingerprint density at radius 1 is 1.23 bits per heavy atom. The number of rotatable bonds is 3. The van der Waals surface area contributed by atoms with E-state index in [-0.39, 0.29) is 5.91 Å². The number of amides is 1. The zero-order chi connectivity index (χ0) is 15.7. The molecule has 1 saturated carbocycles. The molecule has 3 rings (SSSR count). The number of carbonyl (C=O) groups is 1. The van der Waals surface area contributed by atoms with E-state index >= 15 is 0 Å². The fourth-order valence-corrected chi connectivity index (χ4v) is 3.45. The van der Waals surface area contributed by atoms with E-state index in [2.05, 4.69) is 29.1 Å². The van der Waals surface area contributed by atoms with Crippen molar-refractivity contribution in [3.8, 4) is 0 Å². The minimum absolute atomic E-state index is 0.197. The van der Waals surface area contributed by atoms with Gasteiger partial charge in [0.25, 0.3) is 0 Å². The largest absolute Gasteiger partial charge is 0.367 e. The zero-order valence-corrected chi connectivity index (χ0v) is 13.7. The molecule has 0 aromatic carbocycles. The van der Waals surface area contributed by atoms with Crippen molar-refractivity contribution in [3.05, 3.63) is 11.9 Å². The van der Waals surface area contributed by atoms with Crippen LogP contribution in [0.4, 0.5) is 11.6 Å². The maximum Gasteiger partial charge on any atom is 0.242 e. The summed E-state index contributed by atoms with van der Waals surface area (Å²) in [7, 11) is 1.93. The number of likely N-dealkylation sites (N-methyl/N-ethyl adjacent to an activating group) is 1. The third-order valence-electron chi connectivity index (χ3n) is 4.50. The summed E-state index contributed by atoms with van der Waals surface area (Å²) in [6, 6.07) is 0.669. The smallest absolute Gasteiger partial charge is 0.242 e. The Morgan fingerprint density at radius 3 is 2.64 bits per heavy atom. The van der Waals surface area contributed by atoms with Crippen molar-refractivity contribution in [1.82, 2.24) is 14.9 Å². The van der Waals surface area contributed by atoms with Crippen molar-refractivity contribution in [2.75, 3.05) is 23.8 Å². The van der Waals surface area contributed by atoms with E-state index in [9.17, 15) is 4.79 Å². The standard InChI is InChI=1S/C16H25N5O/c1-11(2)19-15-13-8-21(12-6-4-5-7-12)14(22)9-20(3)16(13)18-10-17-15/h10-12H,4-9H2,1-3H3,(H,17,18,19). The average molecular weight is 303 g/mol. The molecule has 1 aromatic rings. The first-order valence-electron chi connectivity index (χ1n) is 8.17. The SMILES string of the molecule is CC(C)Nc1ncnc2c1CN(C1CCCC1)C(=O)CN2C. The first-order chi connectivity index (χ1) is 10.6. The molecule has 0 spiro atoms. The summed E-state index contributed by atoms with van der Waals surface area (Å²) in [5.74, 6) is 1.92. The van der Waals surface area contributed by atoms with Crippen molar-refractivity contribution < 1.29 is 4.79 Å². The third kappa shape index (κ3) is 2.87. The fraction of sp³-hybridized carbons (Fsp3) is 0.688. The van der Waals surface area contributed by atoms with E-state index in [0.29, 0.717) is 25.2 Å². The van der Waals surface area contributed by atoms with Crippen LogP contribution in [0.25, 0.3) is 0 Å². The molecule has 2 aliphatic rings. The second-order valence-corrected chi connectivity index (χ2v) is 6.64. The van der Waals surface area contributed by atoms with Crippen LogP contribution in [0.2, 0.25) is 0 Å². The van der Waals surface area contributed by atoms with Crippen molar-refractivity contribution in [3.63, 3.8) is 0 Å². The Labute approximate surface area is 131 Å². The number of hydrogen-bond acceptors (Lipinski definition) is 5. The summed E-state index contributed by atoms with van der Waals surface area (Å²) >= 11 is 0. The van der Waals surface area contributed by atoms with Gasteiger partial charge in [0, 0.05) is 19.1 Å². The van der Waals surface area contributed by atoms with Gasteiger partial charge in [-0.1, -0.05) is 12.8 Å². The van der Waals surface area contributed by atoms with Crippen LogP contribution in [0.15, 0.2) is 6.33 Å². The van der Waals surface area contributed by atoms with Crippen molar-refractivity contribution in [2.24, 2.45) is 0 Å². The van der Waals surface area contributed by atoms with Gasteiger partial charge < -0.3 is 15.1 Å². The number of carbonyl (C=O) groups excluding carboxylic acids is 1. The molecule has 1 fully saturated rings. The van der Waals surface area contributed by atoms with Gasteiger partial charge in [-0.2, -0.15) is 0 Å². The van der Waals surface area contributed by atoms with E-state index in [1.807, 2.05) is 16.8 Å². The molecular weight excluding hydrogens is 278 g/mol. The van der Waals surface area contributed by atoms with Crippen LogP contribution >= 0.6 is 0 Å². The van der Waals surface area contributed by atoms with Crippen LogP contribution in [-0.4, -0.2) is 46.5 Å². The molecule has 1 N–H and O–H groups in total. The van der Waals surface area contributed by atoms with Gasteiger partial charge in [0.2, 0.25) is 5.91 Å². The molecule has 0 unspecified atom stereocenters. The molecule has 6 nitrogen and oxygen atoms in total. The molecule has 2 heterocycles. The van der Waals surface area contributed by atoms with Crippen molar-refractivity contribution in [2.45, 2.75) is 58.2 Å². The summed E-state index contributed by atoms with van der Waals surface area (Å²) in [5.41, 5.74) is 1.04. The minimum atomic E-state index is 0.197. The Hall–Kier alpha value is -1.85. The topological polar surface area (TPSA) is 61.4 Å². The van der Waals surface area contributed by atoms with Crippen LogP contribution < -0.4 is 10.2 Å². The number of anilines is 2. The molecular formula is C16H25N5O. The zero-order valence-electron chi connectivity index (χ0n) is 13.7. The highest BCUT2D eigenvalue weighted by molar-refractivity contribution is 5.84. The van der Waals surface area contributed by atoms with Crippen LogP contribution in [-0.2, 0) is 11.3 Å². The first kappa shape index (κ1) is 15.1. The lowest BCUT2D eigenvalue weighted by Gasteiger charge is -2.28. The molecule has 0 atom stereocenters. The van der Waals surface area contributed by atoms with E-state index in [1.165, 1.54) is 12.8 Å². The Morgan fingerprint density at radius 2 is 1.95 bits per heavy atom. The second-order valence-electron chi connectivity index (χ2n) is 6.64. The molecule has 1 aliphatic heterocycles. The second kappa shape index (κ2) is 6.10. The monoisotopic (exact) mass is 303 g/mol. The lowest BCUT2D eigenvalue weighted by atomic mass is 10.1. The van der Waals surface area contributed by atoms with Crippen molar-refractivity contribution in [1.29, 1.82) is 0 Å². The van der Waals surface area contributed by atoms with E-state index in [4.69, 9.17) is 0 Å². The molecule has 1 amide bonds. The summed E-state index contributed by atoms with van der Waals surface area (Å²) < 4.78 is 0. The van der Waals surface area contributed by atoms with E-state index in [1.54, 1.807) is 6.33 Å². The number of nitrogens with zero attached hydrogens (tertiary/aromatic N) is 4. The van der Waals surface area contributed by atoms with E-state index < -0.39 is 0 Å². The molecule has 1 aliphatic carbocycles. The van der Waals surface area contributed by atoms with Gasteiger partial charge in [-0.25, -0.2) is 9.97 Å².